The summed E-state index contributed by atoms with van der Waals surface area (Å²) in [5, 5.41) is 8.91. The fourth-order valence-electron chi connectivity index (χ4n) is 3.94. The Kier molecular flexibility index (Phi) is 5.00. The smallest absolute Gasteiger partial charge is 0.227 e. The molecule has 1 atom stereocenters. The van der Waals surface area contributed by atoms with Crippen molar-refractivity contribution in [2.24, 2.45) is 7.05 Å². The van der Waals surface area contributed by atoms with Crippen LogP contribution in [0.5, 0.6) is 0 Å². The zero-order valence-electron chi connectivity index (χ0n) is 16.5. The first-order valence-corrected chi connectivity index (χ1v) is 9.51. The maximum atomic E-state index is 13.1. The number of benzene rings is 1. The molecule has 0 N–H and O–H groups in total. The lowest BCUT2D eigenvalue weighted by Gasteiger charge is -2.36. The summed E-state index contributed by atoms with van der Waals surface area (Å²) in [6, 6.07) is 9.93. The van der Waals surface area contributed by atoms with Gasteiger partial charge in [-0.3, -0.25) is 9.48 Å². The molecule has 1 amide bonds. The summed E-state index contributed by atoms with van der Waals surface area (Å²) in [6.07, 6.45) is 3.98. The Morgan fingerprint density at radius 2 is 2.04 bits per heavy atom. The number of carbonyl (C=O) groups excluding carboxylic acids is 1. The third kappa shape index (κ3) is 3.45. The van der Waals surface area contributed by atoms with Crippen LogP contribution in [0.25, 0.3) is 5.69 Å². The Bertz CT molecular complexity index is 976. The molecule has 1 aliphatic rings. The van der Waals surface area contributed by atoms with Crippen molar-refractivity contribution in [1.82, 2.24) is 24.5 Å². The molecule has 7 nitrogen and oxygen atoms in total. The second kappa shape index (κ2) is 7.59. The Morgan fingerprint density at radius 1 is 1.25 bits per heavy atom. The number of carbonyl (C=O) groups is 1. The van der Waals surface area contributed by atoms with Gasteiger partial charge in [0.1, 0.15) is 0 Å². The minimum absolute atomic E-state index is 0.0903. The van der Waals surface area contributed by atoms with Crippen LogP contribution < -0.4 is 0 Å². The lowest BCUT2D eigenvalue weighted by Crippen LogP contribution is -2.44. The first-order chi connectivity index (χ1) is 13.5. The van der Waals surface area contributed by atoms with E-state index in [4.69, 9.17) is 9.84 Å². The van der Waals surface area contributed by atoms with E-state index in [9.17, 15) is 4.79 Å². The van der Waals surface area contributed by atoms with Gasteiger partial charge in [-0.2, -0.15) is 10.2 Å². The molecule has 146 valence electrons. The molecule has 1 fully saturated rings. The van der Waals surface area contributed by atoms with Gasteiger partial charge in [-0.25, -0.2) is 4.68 Å². The van der Waals surface area contributed by atoms with E-state index in [2.05, 4.69) is 12.0 Å². The summed E-state index contributed by atoms with van der Waals surface area (Å²) in [6.45, 7) is 5.68. The van der Waals surface area contributed by atoms with Gasteiger partial charge in [-0.15, -0.1) is 0 Å². The highest BCUT2D eigenvalue weighted by molar-refractivity contribution is 5.79. The molecular formula is C21H25N5O2. The van der Waals surface area contributed by atoms with Gasteiger partial charge in [0.2, 0.25) is 5.91 Å². The van der Waals surface area contributed by atoms with E-state index in [1.54, 1.807) is 10.9 Å². The van der Waals surface area contributed by atoms with Crippen molar-refractivity contribution < 1.29 is 9.53 Å². The fraction of sp³-hybridized carbons (Fsp3) is 0.381. The molecule has 1 unspecified atom stereocenters. The summed E-state index contributed by atoms with van der Waals surface area (Å²) in [4.78, 5) is 15.0. The van der Waals surface area contributed by atoms with E-state index >= 15 is 0 Å². The predicted molar refractivity (Wildman–Crippen MR) is 105 cm³/mol. The van der Waals surface area contributed by atoms with Gasteiger partial charge in [0.05, 0.1) is 43.3 Å². The lowest BCUT2D eigenvalue weighted by molar-refractivity contribution is -0.139. The van der Waals surface area contributed by atoms with Gasteiger partial charge in [-0.1, -0.05) is 18.2 Å². The molecule has 28 heavy (non-hydrogen) atoms. The average Bonchev–Trinajstić information content (AvgIpc) is 3.24. The van der Waals surface area contributed by atoms with Crippen LogP contribution in [0, 0.1) is 13.8 Å². The number of amides is 1. The molecular weight excluding hydrogens is 354 g/mol. The molecule has 3 heterocycles. The van der Waals surface area contributed by atoms with E-state index in [1.165, 1.54) is 0 Å². The molecule has 1 saturated heterocycles. The summed E-state index contributed by atoms with van der Waals surface area (Å²) >= 11 is 0. The van der Waals surface area contributed by atoms with Crippen molar-refractivity contribution in [2.75, 3.05) is 19.8 Å². The zero-order chi connectivity index (χ0) is 19.7. The molecule has 4 rings (SSSR count). The quantitative estimate of drug-likeness (QED) is 0.698. The summed E-state index contributed by atoms with van der Waals surface area (Å²) in [5.74, 6) is 0.0903. The van der Waals surface area contributed by atoms with Crippen molar-refractivity contribution in [3.8, 4) is 5.69 Å². The minimum atomic E-state index is -0.129. The molecule has 3 aromatic rings. The normalized spacial score (nSPS) is 17.1. The largest absolute Gasteiger partial charge is 0.377 e. The minimum Gasteiger partial charge on any atom is -0.377 e. The maximum absolute atomic E-state index is 13.1. The molecule has 7 heteroatoms. The van der Waals surface area contributed by atoms with Crippen molar-refractivity contribution in [1.29, 1.82) is 0 Å². The van der Waals surface area contributed by atoms with Crippen LogP contribution in [-0.2, 0) is 23.0 Å². The van der Waals surface area contributed by atoms with Crippen molar-refractivity contribution in [3.05, 3.63) is 65.2 Å². The van der Waals surface area contributed by atoms with Crippen molar-refractivity contribution >= 4 is 5.91 Å². The molecule has 0 spiro atoms. The zero-order valence-corrected chi connectivity index (χ0v) is 16.5. The number of para-hydroxylation sites is 1. The summed E-state index contributed by atoms with van der Waals surface area (Å²) < 4.78 is 9.42. The second-order valence-corrected chi connectivity index (χ2v) is 7.21. The van der Waals surface area contributed by atoms with Crippen LogP contribution in [0.3, 0.4) is 0 Å². The van der Waals surface area contributed by atoms with Gasteiger partial charge in [0, 0.05) is 31.0 Å². The number of aryl methyl sites for hydroxylation is 2. The number of hydrogen-bond acceptors (Lipinski definition) is 4. The van der Waals surface area contributed by atoms with Gasteiger partial charge >= 0.3 is 0 Å². The monoisotopic (exact) mass is 379 g/mol. The molecule has 2 aromatic heterocycles. The van der Waals surface area contributed by atoms with E-state index < -0.39 is 0 Å². The fourth-order valence-corrected chi connectivity index (χ4v) is 3.94. The van der Waals surface area contributed by atoms with E-state index in [0.29, 0.717) is 26.2 Å². The highest BCUT2D eigenvalue weighted by atomic mass is 16.5. The number of nitrogens with zero attached hydrogens (tertiary/aromatic N) is 5. The number of aromatic nitrogens is 4. The number of morpholine rings is 1. The van der Waals surface area contributed by atoms with Crippen LogP contribution in [0.2, 0.25) is 0 Å². The Balaban J connectivity index is 1.64. The average molecular weight is 379 g/mol. The third-order valence-electron chi connectivity index (χ3n) is 5.24. The number of hydrogen-bond donors (Lipinski definition) is 0. The molecule has 0 aliphatic carbocycles. The van der Waals surface area contributed by atoms with Gasteiger partial charge in [0.15, 0.2) is 0 Å². The first kappa shape index (κ1) is 18.4. The Hall–Kier alpha value is -2.93. The van der Waals surface area contributed by atoms with Crippen LogP contribution in [0.4, 0.5) is 0 Å². The summed E-state index contributed by atoms with van der Waals surface area (Å²) in [5.41, 5.74) is 4.97. The van der Waals surface area contributed by atoms with Crippen LogP contribution in [0.15, 0.2) is 42.7 Å². The van der Waals surface area contributed by atoms with Crippen LogP contribution >= 0.6 is 0 Å². The molecule has 0 bridgehead atoms. The predicted octanol–water partition coefficient (Wildman–Crippen LogP) is 2.37. The summed E-state index contributed by atoms with van der Waals surface area (Å²) in [7, 11) is 1.86. The molecule has 0 radical (unpaired) electrons. The number of rotatable bonds is 4. The highest BCUT2D eigenvalue weighted by Crippen LogP contribution is 2.31. The van der Waals surface area contributed by atoms with Crippen molar-refractivity contribution in [2.45, 2.75) is 26.3 Å². The van der Waals surface area contributed by atoms with E-state index in [0.717, 1.165) is 28.2 Å². The topological polar surface area (TPSA) is 65.2 Å². The second-order valence-electron chi connectivity index (χ2n) is 7.21. The van der Waals surface area contributed by atoms with E-state index in [-0.39, 0.29) is 11.9 Å². The standard InChI is InChI=1S/C21H25N5O2/c1-15-21(16(2)26(23-15)18-7-5-4-6-8-18)19-14-28-10-9-25(19)20(27)11-17-12-22-24(3)13-17/h4-8,12-13,19H,9-11,14H2,1-3H3. The molecule has 1 aromatic carbocycles. The van der Waals surface area contributed by atoms with Gasteiger partial charge < -0.3 is 9.64 Å². The highest BCUT2D eigenvalue weighted by Gasteiger charge is 2.33. The van der Waals surface area contributed by atoms with Gasteiger partial charge in [-0.05, 0) is 31.5 Å². The van der Waals surface area contributed by atoms with E-state index in [1.807, 2.05) is 60.1 Å². The Labute approximate surface area is 164 Å². The van der Waals surface area contributed by atoms with Crippen LogP contribution in [-0.4, -0.2) is 50.1 Å². The SMILES string of the molecule is Cc1nn(-c2ccccc2)c(C)c1C1COCCN1C(=O)Cc1cnn(C)c1. The Morgan fingerprint density at radius 3 is 2.75 bits per heavy atom. The maximum Gasteiger partial charge on any atom is 0.227 e. The number of ether oxygens (including phenoxy) is 1. The molecule has 1 aliphatic heterocycles. The first-order valence-electron chi connectivity index (χ1n) is 9.51. The van der Waals surface area contributed by atoms with Crippen molar-refractivity contribution in [3.63, 3.8) is 0 Å². The molecule has 0 saturated carbocycles. The van der Waals surface area contributed by atoms with Gasteiger partial charge in [0.25, 0.3) is 0 Å². The third-order valence-corrected chi connectivity index (χ3v) is 5.24. The lowest BCUT2D eigenvalue weighted by atomic mass is 10.0. The van der Waals surface area contributed by atoms with Crippen LogP contribution in [0.1, 0.15) is 28.6 Å².